The van der Waals surface area contributed by atoms with Gasteiger partial charge in [0.1, 0.15) is 0 Å². The number of ether oxygens (including phenoxy) is 2. The van der Waals surface area contributed by atoms with E-state index >= 15 is 0 Å². The van der Waals surface area contributed by atoms with Crippen LogP contribution in [0.4, 0.5) is 0 Å². The molecule has 2 nitrogen and oxygen atoms in total. The highest BCUT2D eigenvalue weighted by molar-refractivity contribution is 4.64. The maximum atomic E-state index is 5.34. The van der Waals surface area contributed by atoms with Crippen LogP contribution in [-0.4, -0.2) is 25.4 Å². The van der Waals surface area contributed by atoms with Gasteiger partial charge in [0, 0.05) is 13.2 Å². The fraction of sp³-hybridized carbons (Fsp3) is 0.889. The standard InChI is InChI=1S/C9H19O2/c1-5-10-8(3)7-9(4)11-6-2/h8-9H,3,5-7H2,1-2,4H3. The summed E-state index contributed by atoms with van der Waals surface area (Å²) in [6, 6.07) is 0. The number of hydrogen-bond acceptors (Lipinski definition) is 2. The lowest BCUT2D eigenvalue weighted by molar-refractivity contribution is 0.0152. The van der Waals surface area contributed by atoms with E-state index in [1.807, 2.05) is 20.8 Å². The summed E-state index contributed by atoms with van der Waals surface area (Å²) in [5.74, 6) is 0. The predicted molar refractivity (Wildman–Crippen MR) is 46.5 cm³/mol. The van der Waals surface area contributed by atoms with E-state index < -0.39 is 0 Å². The van der Waals surface area contributed by atoms with Crippen molar-refractivity contribution in [2.24, 2.45) is 0 Å². The molecule has 0 aromatic carbocycles. The van der Waals surface area contributed by atoms with Gasteiger partial charge in [-0.2, -0.15) is 0 Å². The normalized spacial score (nSPS) is 16.4. The minimum absolute atomic E-state index is 0.0709. The van der Waals surface area contributed by atoms with Crippen LogP contribution in [0.1, 0.15) is 27.2 Å². The Morgan fingerprint density at radius 2 is 1.73 bits per heavy atom. The van der Waals surface area contributed by atoms with E-state index in [1.54, 1.807) is 0 Å². The molecule has 0 bridgehead atoms. The Morgan fingerprint density at radius 1 is 1.18 bits per heavy atom. The highest BCUT2D eigenvalue weighted by Crippen LogP contribution is 2.04. The number of rotatable bonds is 6. The molecule has 0 aliphatic heterocycles. The summed E-state index contributed by atoms with van der Waals surface area (Å²) < 4.78 is 10.6. The lowest BCUT2D eigenvalue weighted by atomic mass is 10.2. The van der Waals surface area contributed by atoms with Gasteiger partial charge in [0.25, 0.3) is 0 Å². The van der Waals surface area contributed by atoms with Gasteiger partial charge in [0.2, 0.25) is 0 Å². The van der Waals surface area contributed by atoms with E-state index in [0.717, 1.165) is 19.6 Å². The molecule has 0 saturated heterocycles. The van der Waals surface area contributed by atoms with Crippen molar-refractivity contribution in [1.82, 2.24) is 0 Å². The van der Waals surface area contributed by atoms with Gasteiger partial charge in [-0.3, -0.25) is 0 Å². The van der Waals surface area contributed by atoms with Crippen molar-refractivity contribution in [2.75, 3.05) is 13.2 Å². The van der Waals surface area contributed by atoms with Gasteiger partial charge in [-0.05, 0) is 34.1 Å². The van der Waals surface area contributed by atoms with Gasteiger partial charge in [0.05, 0.1) is 12.2 Å². The van der Waals surface area contributed by atoms with Gasteiger partial charge in [-0.1, -0.05) is 0 Å². The molecule has 0 aromatic heterocycles. The van der Waals surface area contributed by atoms with E-state index in [2.05, 4.69) is 6.92 Å². The molecule has 0 saturated carbocycles. The smallest absolute Gasteiger partial charge is 0.0600 e. The molecule has 2 heteroatoms. The molecular weight excluding hydrogens is 140 g/mol. The average molecular weight is 159 g/mol. The molecule has 0 aliphatic rings. The number of hydrogen-bond donors (Lipinski definition) is 0. The zero-order valence-corrected chi connectivity index (χ0v) is 7.80. The second-order valence-electron chi connectivity index (χ2n) is 2.58. The van der Waals surface area contributed by atoms with E-state index in [9.17, 15) is 0 Å². The Morgan fingerprint density at radius 3 is 2.18 bits per heavy atom. The summed E-state index contributed by atoms with van der Waals surface area (Å²) in [7, 11) is 0. The molecule has 0 amide bonds. The van der Waals surface area contributed by atoms with Crippen LogP contribution in [0, 0.1) is 6.92 Å². The zero-order chi connectivity index (χ0) is 8.69. The molecule has 0 rings (SSSR count). The lowest BCUT2D eigenvalue weighted by Gasteiger charge is -2.16. The van der Waals surface area contributed by atoms with Crippen LogP contribution < -0.4 is 0 Å². The van der Waals surface area contributed by atoms with Crippen LogP contribution >= 0.6 is 0 Å². The van der Waals surface area contributed by atoms with Crippen molar-refractivity contribution in [3.05, 3.63) is 6.92 Å². The summed E-state index contributed by atoms with van der Waals surface area (Å²) in [6.07, 6.45) is 1.21. The largest absolute Gasteiger partial charge is 0.379 e. The molecule has 1 radical (unpaired) electrons. The van der Waals surface area contributed by atoms with Gasteiger partial charge in [-0.15, -0.1) is 0 Å². The zero-order valence-electron chi connectivity index (χ0n) is 7.80. The van der Waals surface area contributed by atoms with E-state index in [1.165, 1.54) is 0 Å². The Balaban J connectivity index is 3.32. The Labute approximate surface area is 69.9 Å². The summed E-state index contributed by atoms with van der Waals surface area (Å²) in [5, 5.41) is 0. The van der Waals surface area contributed by atoms with Crippen molar-refractivity contribution >= 4 is 0 Å². The molecule has 0 aromatic rings. The van der Waals surface area contributed by atoms with Crippen molar-refractivity contribution in [3.63, 3.8) is 0 Å². The fourth-order valence-electron chi connectivity index (χ4n) is 1.03. The first-order valence-electron chi connectivity index (χ1n) is 4.27. The molecule has 2 unspecified atom stereocenters. The molecule has 0 heterocycles. The maximum absolute atomic E-state index is 5.34. The lowest BCUT2D eigenvalue weighted by Crippen LogP contribution is -2.18. The first-order chi connectivity index (χ1) is 5.20. The Hall–Kier alpha value is -0.0800. The molecule has 0 fully saturated rings. The quantitative estimate of drug-likeness (QED) is 0.590. The minimum atomic E-state index is 0.0709. The van der Waals surface area contributed by atoms with Gasteiger partial charge in [-0.25, -0.2) is 0 Å². The van der Waals surface area contributed by atoms with Crippen LogP contribution in [0.25, 0.3) is 0 Å². The first-order valence-corrected chi connectivity index (χ1v) is 4.27. The third kappa shape index (κ3) is 6.32. The summed E-state index contributed by atoms with van der Waals surface area (Å²) in [4.78, 5) is 0. The van der Waals surface area contributed by atoms with Crippen LogP contribution in [0.2, 0.25) is 0 Å². The van der Waals surface area contributed by atoms with Crippen LogP contribution in [0.15, 0.2) is 0 Å². The van der Waals surface area contributed by atoms with Crippen LogP contribution in [0.3, 0.4) is 0 Å². The third-order valence-corrected chi connectivity index (χ3v) is 1.45. The molecule has 0 spiro atoms. The first kappa shape index (κ1) is 10.9. The highest BCUT2D eigenvalue weighted by Gasteiger charge is 2.07. The monoisotopic (exact) mass is 159 g/mol. The fourth-order valence-corrected chi connectivity index (χ4v) is 1.03. The van der Waals surface area contributed by atoms with Crippen molar-refractivity contribution in [2.45, 2.75) is 39.4 Å². The molecular formula is C9H19O2. The van der Waals surface area contributed by atoms with Crippen LogP contribution in [0.5, 0.6) is 0 Å². The van der Waals surface area contributed by atoms with Crippen molar-refractivity contribution in [1.29, 1.82) is 0 Å². The predicted octanol–water partition coefficient (Wildman–Crippen LogP) is 2.04. The second kappa shape index (κ2) is 6.62. The van der Waals surface area contributed by atoms with Crippen molar-refractivity contribution in [3.8, 4) is 0 Å². The van der Waals surface area contributed by atoms with E-state index in [4.69, 9.17) is 9.47 Å². The molecule has 0 N–H and O–H groups in total. The molecule has 67 valence electrons. The summed E-state index contributed by atoms with van der Waals surface area (Å²) >= 11 is 0. The molecule has 11 heavy (non-hydrogen) atoms. The maximum Gasteiger partial charge on any atom is 0.0600 e. The second-order valence-corrected chi connectivity index (χ2v) is 2.58. The van der Waals surface area contributed by atoms with Gasteiger partial charge < -0.3 is 9.47 Å². The van der Waals surface area contributed by atoms with Crippen LogP contribution in [-0.2, 0) is 9.47 Å². The van der Waals surface area contributed by atoms with Gasteiger partial charge >= 0.3 is 0 Å². The third-order valence-electron chi connectivity index (χ3n) is 1.45. The average Bonchev–Trinajstić information content (AvgIpc) is 1.87. The highest BCUT2D eigenvalue weighted by atomic mass is 16.5. The van der Waals surface area contributed by atoms with Crippen molar-refractivity contribution < 1.29 is 9.47 Å². The minimum Gasteiger partial charge on any atom is -0.379 e. The molecule has 2 atom stereocenters. The summed E-state index contributed by atoms with van der Waals surface area (Å²) in [6.45, 7) is 11.4. The molecule has 0 aliphatic carbocycles. The van der Waals surface area contributed by atoms with E-state index in [-0.39, 0.29) is 12.2 Å². The SMILES string of the molecule is [CH2]C(CC(C)OCC)OCC. The topological polar surface area (TPSA) is 18.5 Å². The van der Waals surface area contributed by atoms with Gasteiger partial charge in [0.15, 0.2) is 0 Å². The summed E-state index contributed by atoms with van der Waals surface area (Å²) in [5.41, 5.74) is 0. The Bertz CT molecular complexity index is 73.6. The van der Waals surface area contributed by atoms with E-state index in [0.29, 0.717) is 0 Å². The Kier molecular flexibility index (Phi) is 6.57.